The molecule has 0 saturated heterocycles. The summed E-state index contributed by atoms with van der Waals surface area (Å²) in [7, 11) is 1.52. The number of nitrogens with one attached hydrogen (secondary N) is 1. The van der Waals surface area contributed by atoms with Gasteiger partial charge in [-0.1, -0.05) is 37.0 Å². The molecule has 8 heteroatoms. The van der Waals surface area contributed by atoms with Gasteiger partial charge in [0.2, 0.25) is 0 Å². The Labute approximate surface area is 149 Å². The Kier molecular flexibility index (Phi) is 4.02. The minimum atomic E-state index is -0.870. The van der Waals surface area contributed by atoms with Crippen LogP contribution in [-0.4, -0.2) is 40.9 Å². The van der Waals surface area contributed by atoms with E-state index in [2.05, 4.69) is 10.3 Å². The first-order chi connectivity index (χ1) is 12.0. The van der Waals surface area contributed by atoms with Crippen LogP contribution in [0.15, 0.2) is 18.0 Å². The van der Waals surface area contributed by atoms with Gasteiger partial charge in [0, 0.05) is 6.08 Å². The first-order valence-corrected chi connectivity index (χ1v) is 9.35. The minimum Gasteiger partial charge on any atom is -0.499 e. The van der Waals surface area contributed by atoms with Crippen LogP contribution in [0.4, 0.5) is 9.52 Å². The minimum absolute atomic E-state index is 0.147. The molecule has 134 valence electrons. The van der Waals surface area contributed by atoms with Gasteiger partial charge in [0.25, 0.3) is 11.8 Å². The molecule has 1 aromatic rings. The molecule has 2 heterocycles. The van der Waals surface area contributed by atoms with Gasteiger partial charge in [-0.2, -0.15) is 4.39 Å². The maximum atomic E-state index is 13.2. The topological polar surface area (TPSA) is 71.5 Å². The first-order valence-electron chi connectivity index (χ1n) is 8.53. The van der Waals surface area contributed by atoms with Gasteiger partial charge < -0.3 is 9.64 Å². The number of carbonyl (C=O) groups excluding carboxylic acids is 2. The Morgan fingerprint density at radius 3 is 2.84 bits per heavy atom. The molecule has 1 aromatic heterocycles. The van der Waals surface area contributed by atoms with E-state index in [1.165, 1.54) is 26.0 Å². The van der Waals surface area contributed by atoms with E-state index < -0.39 is 10.7 Å². The summed E-state index contributed by atoms with van der Waals surface area (Å²) in [5.41, 5.74) is -0.870. The molecule has 2 amide bonds. The maximum Gasteiger partial charge on any atom is 0.252 e. The maximum absolute atomic E-state index is 13.2. The zero-order valence-electron chi connectivity index (χ0n) is 14.0. The van der Waals surface area contributed by atoms with E-state index in [1.54, 1.807) is 4.90 Å². The molecule has 25 heavy (non-hydrogen) atoms. The molecule has 2 atom stereocenters. The van der Waals surface area contributed by atoms with Crippen molar-refractivity contribution >= 4 is 28.3 Å². The molecule has 0 bridgehead atoms. The first kappa shape index (κ1) is 16.5. The molecule has 2 fully saturated rings. The van der Waals surface area contributed by atoms with Gasteiger partial charge in [-0.25, -0.2) is 4.98 Å². The molecule has 6 nitrogen and oxygen atoms in total. The quantitative estimate of drug-likeness (QED) is 0.870. The van der Waals surface area contributed by atoms with Gasteiger partial charge in [-0.3, -0.25) is 14.9 Å². The Balaban J connectivity index is 1.59. The van der Waals surface area contributed by atoms with E-state index in [0.29, 0.717) is 24.6 Å². The van der Waals surface area contributed by atoms with Crippen molar-refractivity contribution in [1.82, 2.24) is 9.88 Å². The summed E-state index contributed by atoms with van der Waals surface area (Å²) in [5, 5.41) is 2.50. The van der Waals surface area contributed by atoms with Crippen molar-refractivity contribution in [2.75, 3.05) is 19.0 Å². The number of carbonyl (C=O) groups is 2. The second kappa shape index (κ2) is 6.09. The van der Waals surface area contributed by atoms with Crippen LogP contribution in [0.5, 0.6) is 0 Å². The van der Waals surface area contributed by atoms with Crippen LogP contribution < -0.4 is 5.32 Å². The summed E-state index contributed by atoms with van der Waals surface area (Å²) in [6.45, 7) is 0.304. The molecule has 1 N–H and O–H groups in total. The lowest BCUT2D eigenvalue weighted by atomic mass is 9.96. The van der Waals surface area contributed by atoms with Crippen LogP contribution >= 0.6 is 11.3 Å². The number of hydrogen-bond acceptors (Lipinski definition) is 5. The van der Waals surface area contributed by atoms with Gasteiger partial charge in [0.05, 0.1) is 19.9 Å². The van der Waals surface area contributed by atoms with Crippen LogP contribution in [-0.2, 0) is 14.3 Å². The summed E-state index contributed by atoms with van der Waals surface area (Å²) in [5.74, 6) is 0.705. The second-order valence-electron chi connectivity index (χ2n) is 6.94. The lowest BCUT2D eigenvalue weighted by Crippen LogP contribution is -2.50. The molecule has 0 radical (unpaired) electrons. The molecule has 0 spiro atoms. The molecule has 3 aliphatic rings. The Bertz CT molecular complexity index is 743. The summed E-state index contributed by atoms with van der Waals surface area (Å²) in [6.07, 6.45) is 7.71. The number of amides is 2. The van der Waals surface area contributed by atoms with Crippen LogP contribution in [0.1, 0.15) is 32.1 Å². The molecule has 1 unspecified atom stereocenters. The highest BCUT2D eigenvalue weighted by atomic mass is 32.1. The highest BCUT2D eigenvalue weighted by Crippen LogP contribution is 2.58. The Hall–Kier alpha value is -1.96. The third kappa shape index (κ3) is 2.72. The van der Waals surface area contributed by atoms with Gasteiger partial charge in [-0.15, -0.1) is 0 Å². The molecule has 4 rings (SSSR count). The summed E-state index contributed by atoms with van der Waals surface area (Å²) < 4.78 is 18.4. The SMILES string of the molecule is COC1=CC(=O)N(C2(C(=O)Nc3ncc(F)s3)C[C@H]2C2CCCC2)C1. The molecule has 2 aliphatic carbocycles. The van der Waals surface area contributed by atoms with Crippen molar-refractivity contribution in [2.24, 2.45) is 11.8 Å². The number of nitrogens with zero attached hydrogens (tertiary/aromatic N) is 2. The zero-order chi connectivity index (χ0) is 17.6. The van der Waals surface area contributed by atoms with Gasteiger partial charge >= 0.3 is 0 Å². The molecular weight excluding hydrogens is 345 g/mol. The van der Waals surface area contributed by atoms with Crippen molar-refractivity contribution in [1.29, 1.82) is 0 Å². The predicted molar refractivity (Wildman–Crippen MR) is 90.3 cm³/mol. The van der Waals surface area contributed by atoms with Gasteiger partial charge in [-0.05, 0) is 18.3 Å². The lowest BCUT2D eigenvalue weighted by molar-refractivity contribution is -0.135. The van der Waals surface area contributed by atoms with E-state index in [4.69, 9.17) is 4.74 Å². The van der Waals surface area contributed by atoms with E-state index in [0.717, 1.165) is 30.4 Å². The predicted octanol–water partition coefficient (Wildman–Crippen LogP) is 2.54. The molecule has 1 aliphatic heterocycles. The van der Waals surface area contributed by atoms with Gasteiger partial charge in [0.1, 0.15) is 11.3 Å². The highest BCUT2D eigenvalue weighted by Gasteiger charge is 2.67. The highest BCUT2D eigenvalue weighted by molar-refractivity contribution is 7.14. The van der Waals surface area contributed by atoms with Gasteiger partial charge in [0.15, 0.2) is 10.3 Å². The summed E-state index contributed by atoms with van der Waals surface area (Å²) >= 11 is 0.791. The molecule has 2 saturated carbocycles. The van der Waals surface area contributed by atoms with Crippen LogP contribution in [0.25, 0.3) is 0 Å². The lowest BCUT2D eigenvalue weighted by Gasteiger charge is -2.29. The average Bonchev–Trinajstić information content (AvgIpc) is 2.98. The standard InChI is InChI=1S/C17H20FN3O3S/c1-24-11-6-14(22)21(9-11)17(7-12(17)10-4-2-3-5-10)15(23)20-16-19-8-13(18)25-16/h6,8,10,12H,2-5,7,9H2,1H3,(H,19,20,23)/t12-,17?/m0/s1. The van der Waals surface area contributed by atoms with Crippen molar-refractivity contribution in [3.63, 3.8) is 0 Å². The monoisotopic (exact) mass is 365 g/mol. The third-order valence-electron chi connectivity index (χ3n) is 5.65. The number of rotatable bonds is 5. The third-order valence-corrected chi connectivity index (χ3v) is 6.35. The van der Waals surface area contributed by atoms with E-state index in [9.17, 15) is 14.0 Å². The number of halogens is 1. The number of anilines is 1. The molecular formula is C17H20FN3O3S. The fourth-order valence-electron chi connectivity index (χ4n) is 4.36. The summed E-state index contributed by atoms with van der Waals surface area (Å²) in [4.78, 5) is 31.0. The largest absolute Gasteiger partial charge is 0.499 e. The van der Waals surface area contributed by atoms with Crippen molar-refractivity contribution in [2.45, 2.75) is 37.6 Å². The van der Waals surface area contributed by atoms with Crippen molar-refractivity contribution < 1.29 is 18.7 Å². The smallest absolute Gasteiger partial charge is 0.252 e. The Morgan fingerprint density at radius 1 is 1.48 bits per heavy atom. The number of methoxy groups -OCH3 is 1. The van der Waals surface area contributed by atoms with Crippen LogP contribution in [0.3, 0.4) is 0 Å². The Morgan fingerprint density at radius 2 is 2.24 bits per heavy atom. The average molecular weight is 365 g/mol. The van der Waals surface area contributed by atoms with E-state index >= 15 is 0 Å². The zero-order valence-corrected chi connectivity index (χ0v) is 14.8. The van der Waals surface area contributed by atoms with E-state index in [-0.39, 0.29) is 22.9 Å². The molecule has 0 aromatic carbocycles. The number of ether oxygens (including phenoxy) is 1. The number of hydrogen-bond donors (Lipinski definition) is 1. The number of aromatic nitrogens is 1. The van der Waals surface area contributed by atoms with Crippen LogP contribution in [0, 0.1) is 17.0 Å². The summed E-state index contributed by atoms with van der Waals surface area (Å²) in [6, 6.07) is 0. The normalized spacial score (nSPS) is 29.0. The fourth-order valence-corrected chi connectivity index (χ4v) is 4.90. The van der Waals surface area contributed by atoms with E-state index in [1.807, 2.05) is 0 Å². The van der Waals surface area contributed by atoms with Crippen LogP contribution in [0.2, 0.25) is 0 Å². The fraction of sp³-hybridized carbons (Fsp3) is 0.588. The number of thiazole rings is 1. The van der Waals surface area contributed by atoms with Crippen molar-refractivity contribution in [3.8, 4) is 0 Å². The van der Waals surface area contributed by atoms with Crippen molar-refractivity contribution in [3.05, 3.63) is 23.2 Å². The second-order valence-corrected chi connectivity index (χ2v) is 7.92.